The maximum Gasteiger partial charge on any atom is 0.00699 e. The molecule has 8 heavy (non-hydrogen) atoms. The van der Waals surface area contributed by atoms with Crippen LogP contribution in [0.3, 0.4) is 0 Å². The Labute approximate surface area is 50.3 Å². The van der Waals surface area contributed by atoms with Crippen molar-refractivity contribution in [3.63, 3.8) is 0 Å². The zero-order chi connectivity index (χ0) is 5.56. The monoisotopic (exact) mass is 111 g/mol. The van der Waals surface area contributed by atoms with Gasteiger partial charge in [-0.1, -0.05) is 6.42 Å². The second kappa shape index (κ2) is 1.47. The van der Waals surface area contributed by atoms with Crippen molar-refractivity contribution in [2.45, 2.75) is 31.7 Å². The molecular formula is C7H13N. The molecule has 2 aliphatic rings. The Morgan fingerprint density at radius 2 is 2.00 bits per heavy atom. The van der Waals surface area contributed by atoms with E-state index in [9.17, 15) is 0 Å². The third-order valence-electron chi connectivity index (χ3n) is 2.79. The summed E-state index contributed by atoms with van der Waals surface area (Å²) in [6.45, 7) is 0. The van der Waals surface area contributed by atoms with Crippen molar-refractivity contribution < 1.29 is 0 Å². The van der Waals surface area contributed by atoms with E-state index in [1.807, 2.05) is 0 Å². The van der Waals surface area contributed by atoms with Crippen LogP contribution in [0.25, 0.3) is 0 Å². The van der Waals surface area contributed by atoms with Crippen molar-refractivity contribution in [1.29, 1.82) is 0 Å². The van der Waals surface area contributed by atoms with Gasteiger partial charge in [0.25, 0.3) is 0 Å². The molecule has 2 N–H and O–H groups in total. The molecule has 46 valence electrons. The van der Waals surface area contributed by atoms with Gasteiger partial charge in [-0.2, -0.15) is 0 Å². The largest absolute Gasteiger partial charge is 0.327 e. The normalized spacial score (nSPS) is 52.9. The number of fused-ring (bicyclic) bond motifs is 2. The van der Waals surface area contributed by atoms with E-state index in [0.29, 0.717) is 6.04 Å². The van der Waals surface area contributed by atoms with Crippen LogP contribution in [0, 0.1) is 11.8 Å². The summed E-state index contributed by atoms with van der Waals surface area (Å²) in [7, 11) is 0. The maximum absolute atomic E-state index is 5.82. The van der Waals surface area contributed by atoms with Crippen molar-refractivity contribution in [3.05, 3.63) is 0 Å². The lowest BCUT2D eigenvalue weighted by Gasteiger charge is -2.15. The first-order chi connectivity index (χ1) is 3.86. The predicted molar refractivity (Wildman–Crippen MR) is 33.4 cm³/mol. The second-order valence-corrected chi connectivity index (χ2v) is 3.34. The molecule has 2 saturated carbocycles. The fourth-order valence-electron chi connectivity index (χ4n) is 2.29. The fraction of sp³-hybridized carbons (Fsp3) is 1.00. The highest BCUT2D eigenvalue weighted by Crippen LogP contribution is 2.43. The molecule has 1 nitrogen and oxygen atoms in total. The number of hydrogen-bond acceptors (Lipinski definition) is 1. The minimum absolute atomic E-state index is 0.578. The van der Waals surface area contributed by atoms with Gasteiger partial charge in [0.15, 0.2) is 0 Å². The van der Waals surface area contributed by atoms with Crippen LogP contribution in [-0.2, 0) is 0 Å². The van der Waals surface area contributed by atoms with E-state index in [-0.39, 0.29) is 0 Å². The van der Waals surface area contributed by atoms with Crippen LogP contribution in [0.2, 0.25) is 0 Å². The molecule has 0 aliphatic heterocycles. The summed E-state index contributed by atoms with van der Waals surface area (Å²) in [6.07, 6.45) is 5.66. The van der Waals surface area contributed by atoms with Gasteiger partial charge in [-0.15, -0.1) is 0 Å². The molecule has 1 heteroatoms. The lowest BCUT2D eigenvalue weighted by Crippen LogP contribution is -2.26. The van der Waals surface area contributed by atoms with Gasteiger partial charge in [0.2, 0.25) is 0 Å². The quantitative estimate of drug-likeness (QED) is 0.498. The van der Waals surface area contributed by atoms with Crippen LogP contribution in [0.5, 0.6) is 0 Å². The van der Waals surface area contributed by atoms with Crippen molar-refractivity contribution in [1.82, 2.24) is 0 Å². The Morgan fingerprint density at radius 3 is 2.25 bits per heavy atom. The van der Waals surface area contributed by atoms with Gasteiger partial charge in [-0.3, -0.25) is 0 Å². The second-order valence-electron chi connectivity index (χ2n) is 3.34. The van der Waals surface area contributed by atoms with E-state index in [1.165, 1.54) is 25.7 Å². The first-order valence-electron chi connectivity index (χ1n) is 3.62. The molecule has 2 rings (SSSR count). The van der Waals surface area contributed by atoms with Gasteiger partial charge < -0.3 is 5.73 Å². The molecule has 0 amide bonds. The first-order valence-corrected chi connectivity index (χ1v) is 3.62. The van der Waals surface area contributed by atoms with Crippen LogP contribution in [0.1, 0.15) is 25.7 Å². The summed E-state index contributed by atoms with van der Waals surface area (Å²) < 4.78 is 0. The van der Waals surface area contributed by atoms with E-state index in [4.69, 9.17) is 5.73 Å². The van der Waals surface area contributed by atoms with Gasteiger partial charge in [-0.25, -0.2) is 0 Å². The molecule has 0 heterocycles. The number of hydrogen-bond donors (Lipinski definition) is 1. The van der Waals surface area contributed by atoms with Gasteiger partial charge in [0.05, 0.1) is 0 Å². The summed E-state index contributed by atoms with van der Waals surface area (Å²) in [4.78, 5) is 0. The highest BCUT2D eigenvalue weighted by atomic mass is 14.7. The SMILES string of the molecule is N[C@H]1CC2CC[C@H]1C2. The Balaban J connectivity index is 2.11. The highest BCUT2D eigenvalue weighted by Gasteiger charge is 2.36. The van der Waals surface area contributed by atoms with Crippen LogP contribution in [0.4, 0.5) is 0 Å². The van der Waals surface area contributed by atoms with Gasteiger partial charge in [0.1, 0.15) is 0 Å². The molecule has 0 radical (unpaired) electrons. The van der Waals surface area contributed by atoms with Crippen molar-refractivity contribution >= 4 is 0 Å². The Bertz CT molecular complexity index is 98.6. The Hall–Kier alpha value is -0.0400. The van der Waals surface area contributed by atoms with E-state index in [1.54, 1.807) is 0 Å². The third-order valence-corrected chi connectivity index (χ3v) is 2.79. The van der Waals surface area contributed by atoms with Crippen LogP contribution in [0.15, 0.2) is 0 Å². The molecular weight excluding hydrogens is 98.1 g/mol. The molecule has 0 saturated heterocycles. The van der Waals surface area contributed by atoms with Crippen LogP contribution in [-0.4, -0.2) is 6.04 Å². The van der Waals surface area contributed by atoms with Gasteiger partial charge in [-0.05, 0) is 31.1 Å². The fourth-order valence-corrected chi connectivity index (χ4v) is 2.29. The van der Waals surface area contributed by atoms with E-state index in [0.717, 1.165) is 11.8 Å². The molecule has 2 aliphatic carbocycles. The van der Waals surface area contributed by atoms with Crippen LogP contribution >= 0.6 is 0 Å². The third kappa shape index (κ3) is 0.510. The lowest BCUT2D eigenvalue weighted by molar-refractivity contribution is 0.418. The number of nitrogens with two attached hydrogens (primary N) is 1. The molecule has 0 aromatic rings. The predicted octanol–water partition coefficient (Wildman–Crippen LogP) is 1.13. The van der Waals surface area contributed by atoms with Gasteiger partial charge >= 0.3 is 0 Å². The minimum Gasteiger partial charge on any atom is -0.327 e. The number of rotatable bonds is 0. The Morgan fingerprint density at radius 1 is 1.12 bits per heavy atom. The molecule has 1 unspecified atom stereocenters. The van der Waals surface area contributed by atoms with E-state index in [2.05, 4.69) is 0 Å². The summed E-state index contributed by atoms with van der Waals surface area (Å²) in [5, 5.41) is 0. The van der Waals surface area contributed by atoms with E-state index < -0.39 is 0 Å². The summed E-state index contributed by atoms with van der Waals surface area (Å²) in [5.41, 5.74) is 5.82. The average Bonchev–Trinajstić information content (AvgIpc) is 2.23. The topological polar surface area (TPSA) is 26.0 Å². The van der Waals surface area contributed by atoms with Gasteiger partial charge in [0, 0.05) is 6.04 Å². The van der Waals surface area contributed by atoms with Crippen molar-refractivity contribution in [2.75, 3.05) is 0 Å². The zero-order valence-corrected chi connectivity index (χ0v) is 5.14. The molecule has 0 spiro atoms. The van der Waals surface area contributed by atoms with Crippen molar-refractivity contribution in [2.24, 2.45) is 17.6 Å². The van der Waals surface area contributed by atoms with Crippen molar-refractivity contribution in [3.8, 4) is 0 Å². The van der Waals surface area contributed by atoms with Crippen LogP contribution < -0.4 is 5.73 Å². The summed E-state index contributed by atoms with van der Waals surface area (Å²) in [5.74, 6) is 1.94. The zero-order valence-electron chi connectivity index (χ0n) is 5.14. The first kappa shape index (κ1) is 4.80. The molecule has 2 fully saturated rings. The maximum atomic E-state index is 5.82. The molecule has 0 aromatic heterocycles. The average molecular weight is 111 g/mol. The molecule has 2 bridgehead atoms. The smallest absolute Gasteiger partial charge is 0.00699 e. The Kier molecular flexibility index (Phi) is 0.884. The summed E-state index contributed by atoms with van der Waals surface area (Å²) in [6, 6.07) is 0.578. The standard InChI is InChI=1S/C7H13N/c8-7-4-5-1-2-6(7)3-5/h5-7H,1-4,8H2/t5?,6-,7-/m0/s1. The molecule has 3 atom stereocenters. The summed E-state index contributed by atoms with van der Waals surface area (Å²) >= 11 is 0. The highest BCUT2D eigenvalue weighted by molar-refractivity contribution is 4.91. The lowest BCUT2D eigenvalue weighted by atomic mass is 9.96. The molecule has 0 aromatic carbocycles. The minimum atomic E-state index is 0.578. The van der Waals surface area contributed by atoms with E-state index >= 15 is 0 Å².